The van der Waals surface area contributed by atoms with Crippen molar-refractivity contribution in [1.82, 2.24) is 0 Å². The zero-order valence-electron chi connectivity index (χ0n) is 17.4. The Labute approximate surface area is 186 Å². The molecule has 0 unspecified atom stereocenters. The van der Waals surface area contributed by atoms with Gasteiger partial charge in [0.2, 0.25) is 5.91 Å². The fourth-order valence-corrected chi connectivity index (χ4v) is 5.73. The molecule has 5 atom stereocenters. The number of amides is 1. The number of nitrogens with one attached hydrogen (secondary N) is 1. The van der Waals surface area contributed by atoms with E-state index in [4.69, 9.17) is 9.47 Å². The minimum atomic E-state index is -0.278. The molecule has 1 N–H and O–H groups in total. The Bertz CT molecular complexity index is 1170. The summed E-state index contributed by atoms with van der Waals surface area (Å²) in [5.41, 5.74) is 2.80. The zero-order valence-corrected chi connectivity index (χ0v) is 17.4. The van der Waals surface area contributed by atoms with Crippen LogP contribution < -0.4 is 10.1 Å². The Hall–Kier alpha value is -3.60. The minimum Gasteiger partial charge on any atom is -0.462 e. The van der Waals surface area contributed by atoms with Crippen LogP contribution in [0.3, 0.4) is 0 Å². The molecule has 5 heteroatoms. The standard InChI is InChI=1S/C27H23NO4/c29-26(24-17-14-21-23(15-17)32-27(30)25(21)24)28-18-10-12-19(13-11-18)31-22-9-5-4-8-20(22)16-6-2-1-3-7-16/h1-13,17,21,23-25H,14-15H2,(H,28,29)/t17-,21+,23+,24-,25-/m1/s1. The Morgan fingerprint density at radius 3 is 2.47 bits per heavy atom. The number of hydrogen-bond donors (Lipinski definition) is 1. The Balaban J connectivity index is 1.16. The van der Waals surface area contributed by atoms with E-state index in [-0.39, 0.29) is 41.7 Å². The molecule has 2 aliphatic carbocycles. The molecule has 1 aliphatic heterocycles. The van der Waals surface area contributed by atoms with Crippen LogP contribution in [0.25, 0.3) is 11.1 Å². The third-order valence-corrected chi connectivity index (χ3v) is 7.11. The highest BCUT2D eigenvalue weighted by atomic mass is 16.6. The van der Waals surface area contributed by atoms with Crippen LogP contribution in [0.15, 0.2) is 78.9 Å². The number of carbonyl (C=O) groups is 2. The summed E-state index contributed by atoms with van der Waals surface area (Å²) < 4.78 is 11.6. The Morgan fingerprint density at radius 1 is 0.906 bits per heavy atom. The van der Waals surface area contributed by atoms with Crippen molar-refractivity contribution in [2.24, 2.45) is 23.7 Å². The van der Waals surface area contributed by atoms with E-state index in [1.165, 1.54) is 0 Å². The average Bonchev–Trinajstić information content (AvgIpc) is 3.44. The lowest BCUT2D eigenvalue weighted by Crippen LogP contribution is -2.35. The van der Waals surface area contributed by atoms with Crippen molar-refractivity contribution < 1.29 is 19.1 Å². The third kappa shape index (κ3) is 3.16. The predicted octanol–water partition coefficient (Wildman–Crippen LogP) is 5.28. The van der Waals surface area contributed by atoms with Gasteiger partial charge in [0.05, 0.1) is 11.8 Å². The quantitative estimate of drug-likeness (QED) is 0.565. The van der Waals surface area contributed by atoms with E-state index < -0.39 is 0 Å². The molecule has 1 saturated heterocycles. The topological polar surface area (TPSA) is 64.6 Å². The van der Waals surface area contributed by atoms with Gasteiger partial charge in [-0.3, -0.25) is 9.59 Å². The molecule has 2 bridgehead atoms. The van der Waals surface area contributed by atoms with Crippen LogP contribution in [-0.4, -0.2) is 18.0 Å². The van der Waals surface area contributed by atoms with Crippen molar-refractivity contribution in [2.75, 3.05) is 5.32 Å². The maximum Gasteiger partial charge on any atom is 0.310 e. The number of ether oxygens (including phenoxy) is 2. The first kappa shape index (κ1) is 19.1. The van der Waals surface area contributed by atoms with Crippen LogP contribution >= 0.6 is 0 Å². The molecule has 5 nitrogen and oxygen atoms in total. The molecule has 160 valence electrons. The van der Waals surface area contributed by atoms with Gasteiger partial charge >= 0.3 is 5.97 Å². The van der Waals surface area contributed by atoms with Crippen LogP contribution in [0.4, 0.5) is 5.69 Å². The van der Waals surface area contributed by atoms with Crippen LogP contribution in [0.2, 0.25) is 0 Å². The highest BCUT2D eigenvalue weighted by molar-refractivity contribution is 5.97. The summed E-state index contributed by atoms with van der Waals surface area (Å²) in [7, 11) is 0. The summed E-state index contributed by atoms with van der Waals surface area (Å²) in [6, 6.07) is 25.4. The van der Waals surface area contributed by atoms with E-state index in [2.05, 4.69) is 17.4 Å². The average molecular weight is 425 g/mol. The number of benzene rings is 3. The van der Waals surface area contributed by atoms with E-state index >= 15 is 0 Å². The first-order valence-corrected chi connectivity index (χ1v) is 11.1. The molecular formula is C27H23NO4. The molecule has 0 radical (unpaired) electrons. The Kier molecular flexibility index (Phi) is 4.49. The van der Waals surface area contributed by atoms with Gasteiger partial charge in [0, 0.05) is 17.2 Å². The molecular weight excluding hydrogens is 402 g/mol. The second-order valence-corrected chi connectivity index (χ2v) is 8.90. The number of esters is 1. The highest BCUT2D eigenvalue weighted by Crippen LogP contribution is 2.57. The lowest BCUT2D eigenvalue weighted by Gasteiger charge is -2.23. The van der Waals surface area contributed by atoms with Crippen LogP contribution in [0.5, 0.6) is 11.5 Å². The first-order chi connectivity index (χ1) is 15.7. The summed E-state index contributed by atoms with van der Waals surface area (Å²) in [6.45, 7) is 0. The van der Waals surface area contributed by atoms with E-state index in [0.29, 0.717) is 11.4 Å². The summed E-state index contributed by atoms with van der Waals surface area (Å²) in [4.78, 5) is 25.2. The first-order valence-electron chi connectivity index (χ1n) is 11.1. The number of carbonyl (C=O) groups excluding carboxylic acids is 2. The monoisotopic (exact) mass is 425 g/mol. The van der Waals surface area contributed by atoms with Crippen molar-refractivity contribution in [3.8, 4) is 22.6 Å². The second-order valence-electron chi connectivity index (χ2n) is 8.90. The number of rotatable bonds is 5. The molecule has 0 aromatic heterocycles. The van der Waals surface area contributed by atoms with Gasteiger partial charge < -0.3 is 14.8 Å². The molecule has 1 heterocycles. The summed E-state index contributed by atoms with van der Waals surface area (Å²) in [5, 5.41) is 3.00. The van der Waals surface area contributed by atoms with Gasteiger partial charge in [-0.2, -0.15) is 0 Å². The molecule has 2 saturated carbocycles. The van der Waals surface area contributed by atoms with Crippen LogP contribution in [0.1, 0.15) is 12.8 Å². The summed E-state index contributed by atoms with van der Waals surface area (Å²) >= 11 is 0. The van der Waals surface area contributed by atoms with Gasteiger partial charge in [0.1, 0.15) is 17.6 Å². The molecule has 3 aromatic carbocycles. The zero-order chi connectivity index (χ0) is 21.7. The molecule has 3 aromatic rings. The maximum absolute atomic E-state index is 13.0. The molecule has 0 spiro atoms. The molecule has 3 aliphatic rings. The highest BCUT2D eigenvalue weighted by Gasteiger charge is 2.63. The fraction of sp³-hybridized carbons (Fsp3) is 0.259. The smallest absolute Gasteiger partial charge is 0.310 e. The number of fused-ring (bicyclic) bond motifs is 1. The number of para-hydroxylation sites is 1. The van der Waals surface area contributed by atoms with Gasteiger partial charge in [-0.25, -0.2) is 0 Å². The van der Waals surface area contributed by atoms with Crippen LogP contribution in [0, 0.1) is 23.7 Å². The van der Waals surface area contributed by atoms with E-state index in [9.17, 15) is 9.59 Å². The van der Waals surface area contributed by atoms with Crippen molar-refractivity contribution >= 4 is 17.6 Å². The lowest BCUT2D eigenvalue weighted by atomic mass is 9.79. The normalized spacial score (nSPS) is 27.2. The van der Waals surface area contributed by atoms with Gasteiger partial charge in [0.25, 0.3) is 0 Å². The molecule has 6 rings (SSSR count). The summed E-state index contributed by atoms with van der Waals surface area (Å²) in [5.74, 6) is 1.11. The van der Waals surface area contributed by atoms with Crippen molar-refractivity contribution in [3.05, 3.63) is 78.9 Å². The minimum absolute atomic E-state index is 0.0387. The van der Waals surface area contributed by atoms with E-state index in [0.717, 1.165) is 29.7 Å². The van der Waals surface area contributed by atoms with Crippen LogP contribution in [-0.2, 0) is 14.3 Å². The largest absolute Gasteiger partial charge is 0.462 e. The van der Waals surface area contributed by atoms with Gasteiger partial charge in [-0.05, 0) is 54.7 Å². The van der Waals surface area contributed by atoms with E-state index in [1.807, 2.05) is 66.7 Å². The predicted molar refractivity (Wildman–Crippen MR) is 120 cm³/mol. The van der Waals surface area contributed by atoms with E-state index in [1.54, 1.807) is 0 Å². The lowest BCUT2D eigenvalue weighted by molar-refractivity contribution is -0.145. The van der Waals surface area contributed by atoms with Gasteiger partial charge in [-0.1, -0.05) is 48.5 Å². The second kappa shape index (κ2) is 7.52. The van der Waals surface area contributed by atoms with Crippen molar-refractivity contribution in [3.63, 3.8) is 0 Å². The summed E-state index contributed by atoms with van der Waals surface area (Å²) in [6.07, 6.45) is 1.78. The van der Waals surface area contributed by atoms with Gasteiger partial charge in [0.15, 0.2) is 0 Å². The molecule has 32 heavy (non-hydrogen) atoms. The number of anilines is 1. The third-order valence-electron chi connectivity index (χ3n) is 7.11. The molecule has 1 amide bonds. The Morgan fingerprint density at radius 2 is 1.66 bits per heavy atom. The van der Waals surface area contributed by atoms with Crippen molar-refractivity contribution in [1.29, 1.82) is 0 Å². The number of hydrogen-bond acceptors (Lipinski definition) is 4. The maximum atomic E-state index is 13.0. The fourth-order valence-electron chi connectivity index (χ4n) is 5.73. The van der Waals surface area contributed by atoms with Crippen molar-refractivity contribution in [2.45, 2.75) is 18.9 Å². The SMILES string of the molecule is O=C(Nc1ccc(Oc2ccccc2-c2ccccc2)cc1)[C@@H]1[C@@H]2C[C@@H]3[C@H]1C(=O)O[C@H]3C2. The molecule has 3 fully saturated rings. The van der Waals surface area contributed by atoms with Gasteiger partial charge in [-0.15, -0.1) is 0 Å².